The summed E-state index contributed by atoms with van der Waals surface area (Å²) in [7, 11) is 0. The number of aliphatic carboxylic acids is 1. The van der Waals surface area contributed by atoms with E-state index < -0.39 is 5.97 Å². The van der Waals surface area contributed by atoms with E-state index in [1.165, 1.54) is 17.5 Å². The van der Waals surface area contributed by atoms with Crippen LogP contribution in [0.3, 0.4) is 0 Å². The lowest BCUT2D eigenvalue weighted by Crippen LogP contribution is -2.23. The van der Waals surface area contributed by atoms with Crippen molar-refractivity contribution in [2.45, 2.75) is 52.7 Å². The standard InChI is InChI=1S/C15H26N2O2S/c1-6-12-7-16-15(20-9-14(18)19)17(12)8-13(10(2)3)11(4)5/h7,10-11,13H,6,8-9H2,1-5H3,(H,18,19). The van der Waals surface area contributed by atoms with Gasteiger partial charge in [-0.15, -0.1) is 0 Å². The third-order valence-electron chi connectivity index (χ3n) is 3.69. The van der Waals surface area contributed by atoms with E-state index in [2.05, 4.69) is 44.2 Å². The Bertz CT molecular complexity index is 433. The molecule has 1 rings (SSSR count). The molecule has 0 fully saturated rings. The van der Waals surface area contributed by atoms with Crippen molar-refractivity contribution in [2.75, 3.05) is 5.75 Å². The van der Waals surface area contributed by atoms with Crippen LogP contribution in [0.2, 0.25) is 0 Å². The summed E-state index contributed by atoms with van der Waals surface area (Å²) < 4.78 is 2.21. The highest BCUT2D eigenvalue weighted by molar-refractivity contribution is 7.99. The normalized spacial score (nSPS) is 11.8. The van der Waals surface area contributed by atoms with Crippen molar-refractivity contribution in [3.8, 4) is 0 Å². The first-order valence-corrected chi connectivity index (χ1v) is 8.24. The zero-order valence-corrected chi connectivity index (χ0v) is 13.9. The molecule has 0 atom stereocenters. The lowest BCUT2D eigenvalue weighted by Gasteiger charge is -2.26. The van der Waals surface area contributed by atoms with Crippen LogP contribution in [0.5, 0.6) is 0 Å². The summed E-state index contributed by atoms with van der Waals surface area (Å²) in [6.07, 6.45) is 2.80. The Morgan fingerprint density at radius 1 is 1.35 bits per heavy atom. The molecular weight excluding hydrogens is 272 g/mol. The smallest absolute Gasteiger partial charge is 0.313 e. The molecule has 0 unspecified atom stereocenters. The van der Waals surface area contributed by atoms with Crippen LogP contribution >= 0.6 is 11.8 Å². The molecule has 4 nitrogen and oxygen atoms in total. The van der Waals surface area contributed by atoms with Crippen LogP contribution in [-0.4, -0.2) is 26.4 Å². The summed E-state index contributed by atoms with van der Waals surface area (Å²) >= 11 is 1.31. The first kappa shape index (κ1) is 17.1. The molecule has 0 saturated carbocycles. The summed E-state index contributed by atoms with van der Waals surface area (Å²) in [6.45, 7) is 12.0. The van der Waals surface area contributed by atoms with Crippen LogP contribution in [0, 0.1) is 17.8 Å². The van der Waals surface area contributed by atoms with Crippen LogP contribution in [-0.2, 0) is 17.8 Å². The van der Waals surface area contributed by atoms with E-state index in [0.717, 1.165) is 18.1 Å². The molecule has 1 N–H and O–H groups in total. The zero-order valence-electron chi connectivity index (χ0n) is 13.1. The summed E-state index contributed by atoms with van der Waals surface area (Å²) in [6, 6.07) is 0. The Balaban J connectivity index is 2.95. The number of carbonyl (C=O) groups is 1. The van der Waals surface area contributed by atoms with Crippen molar-refractivity contribution < 1.29 is 9.90 Å². The summed E-state index contributed by atoms with van der Waals surface area (Å²) in [5.74, 6) is 1.03. The molecular formula is C15H26N2O2S. The number of rotatable bonds is 8. The Morgan fingerprint density at radius 2 is 1.95 bits per heavy atom. The van der Waals surface area contributed by atoms with Crippen molar-refractivity contribution in [1.82, 2.24) is 9.55 Å². The molecule has 20 heavy (non-hydrogen) atoms. The van der Waals surface area contributed by atoms with Gasteiger partial charge in [-0.05, 0) is 24.2 Å². The topological polar surface area (TPSA) is 55.1 Å². The fourth-order valence-corrected chi connectivity index (χ4v) is 3.24. The van der Waals surface area contributed by atoms with E-state index in [0.29, 0.717) is 17.8 Å². The number of carboxylic acids is 1. The number of nitrogens with zero attached hydrogens (tertiary/aromatic N) is 2. The third kappa shape index (κ3) is 4.54. The predicted octanol–water partition coefficient (Wildman–Crippen LogP) is 3.55. The third-order valence-corrected chi connectivity index (χ3v) is 4.67. The van der Waals surface area contributed by atoms with E-state index in [-0.39, 0.29) is 5.75 Å². The number of imidazole rings is 1. The van der Waals surface area contributed by atoms with Gasteiger partial charge in [0.05, 0.1) is 5.75 Å². The van der Waals surface area contributed by atoms with Gasteiger partial charge in [-0.25, -0.2) is 4.98 Å². The summed E-state index contributed by atoms with van der Waals surface area (Å²) in [5, 5.41) is 9.66. The number of hydrogen-bond acceptors (Lipinski definition) is 3. The lowest BCUT2D eigenvalue weighted by molar-refractivity contribution is -0.133. The minimum absolute atomic E-state index is 0.0637. The molecule has 114 valence electrons. The highest BCUT2D eigenvalue weighted by atomic mass is 32.2. The fraction of sp³-hybridized carbons (Fsp3) is 0.733. The molecule has 0 amide bonds. The van der Waals surface area contributed by atoms with Crippen LogP contribution in [0.15, 0.2) is 11.4 Å². The Morgan fingerprint density at radius 3 is 2.40 bits per heavy atom. The van der Waals surface area contributed by atoms with Gasteiger partial charge in [-0.2, -0.15) is 0 Å². The molecule has 0 aliphatic carbocycles. The monoisotopic (exact) mass is 298 g/mol. The average Bonchev–Trinajstić information content (AvgIpc) is 2.74. The Hall–Kier alpha value is -0.970. The van der Waals surface area contributed by atoms with E-state index >= 15 is 0 Å². The van der Waals surface area contributed by atoms with Crippen molar-refractivity contribution in [3.63, 3.8) is 0 Å². The second-order valence-corrected chi connectivity index (χ2v) is 6.77. The van der Waals surface area contributed by atoms with Gasteiger partial charge in [0.25, 0.3) is 0 Å². The van der Waals surface area contributed by atoms with Crippen LogP contribution in [0.25, 0.3) is 0 Å². The molecule has 1 aromatic rings. The van der Waals surface area contributed by atoms with E-state index in [9.17, 15) is 4.79 Å². The molecule has 1 aromatic heterocycles. The second kappa shape index (κ2) is 7.72. The number of aryl methyl sites for hydroxylation is 1. The van der Waals surface area contributed by atoms with Crippen molar-refractivity contribution >= 4 is 17.7 Å². The highest BCUT2D eigenvalue weighted by Gasteiger charge is 2.21. The largest absolute Gasteiger partial charge is 0.481 e. The Labute approximate surface area is 126 Å². The van der Waals surface area contributed by atoms with Crippen molar-refractivity contribution in [2.24, 2.45) is 17.8 Å². The van der Waals surface area contributed by atoms with Gasteiger partial charge >= 0.3 is 5.97 Å². The second-order valence-electron chi connectivity index (χ2n) is 5.83. The van der Waals surface area contributed by atoms with E-state index in [1.54, 1.807) is 0 Å². The minimum atomic E-state index is -0.799. The SMILES string of the molecule is CCc1cnc(SCC(=O)O)n1CC(C(C)C)C(C)C. The van der Waals surface area contributed by atoms with Crippen LogP contribution in [0.4, 0.5) is 0 Å². The first-order chi connectivity index (χ1) is 9.36. The zero-order chi connectivity index (χ0) is 15.3. The van der Waals surface area contributed by atoms with Crippen molar-refractivity contribution in [3.05, 3.63) is 11.9 Å². The highest BCUT2D eigenvalue weighted by Crippen LogP contribution is 2.27. The quantitative estimate of drug-likeness (QED) is 0.746. The van der Waals surface area contributed by atoms with Gasteiger partial charge in [0.1, 0.15) is 0 Å². The minimum Gasteiger partial charge on any atom is -0.481 e. The Kier molecular flexibility index (Phi) is 6.59. The number of hydrogen-bond donors (Lipinski definition) is 1. The molecule has 0 aliphatic rings. The van der Waals surface area contributed by atoms with Gasteiger partial charge in [0, 0.05) is 18.4 Å². The van der Waals surface area contributed by atoms with Crippen molar-refractivity contribution in [1.29, 1.82) is 0 Å². The summed E-state index contributed by atoms with van der Waals surface area (Å²) in [5.41, 5.74) is 1.18. The van der Waals surface area contributed by atoms with Gasteiger partial charge in [0.15, 0.2) is 5.16 Å². The molecule has 5 heteroatoms. The molecule has 1 heterocycles. The molecule has 0 bridgehead atoms. The summed E-state index contributed by atoms with van der Waals surface area (Å²) in [4.78, 5) is 15.1. The maximum Gasteiger partial charge on any atom is 0.313 e. The van der Waals surface area contributed by atoms with E-state index in [1.807, 2.05) is 6.20 Å². The van der Waals surface area contributed by atoms with Crippen LogP contribution in [0.1, 0.15) is 40.3 Å². The molecule has 0 spiro atoms. The van der Waals surface area contributed by atoms with Gasteiger partial charge in [-0.3, -0.25) is 4.79 Å². The van der Waals surface area contributed by atoms with Gasteiger partial charge < -0.3 is 9.67 Å². The lowest BCUT2D eigenvalue weighted by atomic mass is 9.85. The van der Waals surface area contributed by atoms with Crippen LogP contribution < -0.4 is 0 Å². The maximum atomic E-state index is 10.7. The number of thioether (sulfide) groups is 1. The molecule has 0 saturated heterocycles. The number of aromatic nitrogens is 2. The number of carboxylic acid groups (broad SMARTS) is 1. The van der Waals surface area contributed by atoms with Gasteiger partial charge in [0.2, 0.25) is 0 Å². The first-order valence-electron chi connectivity index (χ1n) is 7.25. The van der Waals surface area contributed by atoms with E-state index in [4.69, 9.17) is 5.11 Å². The molecule has 0 aromatic carbocycles. The average molecular weight is 298 g/mol. The predicted molar refractivity (Wildman–Crippen MR) is 83.1 cm³/mol. The van der Waals surface area contributed by atoms with Gasteiger partial charge in [-0.1, -0.05) is 46.4 Å². The molecule has 0 radical (unpaired) electrons. The molecule has 0 aliphatic heterocycles. The maximum absolute atomic E-state index is 10.7. The fourth-order valence-electron chi connectivity index (χ4n) is 2.51.